The molecule has 4 nitrogen and oxygen atoms in total. The van der Waals surface area contributed by atoms with Crippen LogP contribution in [0.1, 0.15) is 0 Å². The zero-order chi connectivity index (χ0) is 14.4. The van der Waals surface area contributed by atoms with Crippen molar-refractivity contribution >= 4 is 37.9 Å². The molecule has 0 fully saturated rings. The number of hydrogen-bond donors (Lipinski definition) is 1. The molecule has 0 amide bonds. The van der Waals surface area contributed by atoms with E-state index in [2.05, 4.69) is 25.9 Å². The molecule has 2 aromatic carbocycles. The highest BCUT2D eigenvalue weighted by Crippen LogP contribution is 2.28. The maximum atomic E-state index is 9.90. The Bertz CT molecular complexity index is 979. The fourth-order valence-corrected chi connectivity index (χ4v) is 2.61. The second-order valence-electron chi connectivity index (χ2n) is 4.68. The molecule has 21 heavy (non-hydrogen) atoms. The number of nitrogens with zero attached hydrogens (tertiary/aromatic N) is 2. The summed E-state index contributed by atoms with van der Waals surface area (Å²) in [5.74, 6) is 0.585. The van der Waals surface area contributed by atoms with Crippen molar-refractivity contribution in [3.8, 4) is 17.3 Å². The van der Waals surface area contributed by atoms with Gasteiger partial charge in [-0.1, -0.05) is 34.1 Å². The Labute approximate surface area is 128 Å². The molecule has 0 saturated heterocycles. The van der Waals surface area contributed by atoms with Gasteiger partial charge in [0.2, 0.25) is 5.89 Å². The Balaban J connectivity index is 1.93. The van der Waals surface area contributed by atoms with Crippen LogP contribution in [0.2, 0.25) is 0 Å². The number of aromatic nitrogens is 2. The smallest absolute Gasteiger partial charge is 0.246 e. The molecule has 0 atom stereocenters. The van der Waals surface area contributed by atoms with Crippen LogP contribution in [0, 0.1) is 0 Å². The van der Waals surface area contributed by atoms with Crippen LogP contribution in [0.15, 0.2) is 57.4 Å². The third kappa shape index (κ3) is 2.06. The quantitative estimate of drug-likeness (QED) is 0.553. The summed E-state index contributed by atoms with van der Waals surface area (Å²) in [4.78, 5) is 8.88. The van der Waals surface area contributed by atoms with Crippen LogP contribution in [0.4, 0.5) is 0 Å². The van der Waals surface area contributed by atoms with E-state index < -0.39 is 0 Å². The zero-order valence-electron chi connectivity index (χ0n) is 10.7. The van der Waals surface area contributed by atoms with Gasteiger partial charge in [-0.25, -0.2) is 9.97 Å². The summed E-state index contributed by atoms with van der Waals surface area (Å²) in [7, 11) is 0. The van der Waals surface area contributed by atoms with Crippen LogP contribution in [0.5, 0.6) is 5.75 Å². The molecule has 0 saturated carbocycles. The van der Waals surface area contributed by atoms with Gasteiger partial charge in [-0.3, -0.25) is 0 Å². The van der Waals surface area contributed by atoms with Gasteiger partial charge < -0.3 is 9.52 Å². The highest BCUT2D eigenvalue weighted by atomic mass is 79.9. The lowest BCUT2D eigenvalue weighted by Gasteiger charge is -2.01. The Kier molecular flexibility index (Phi) is 2.68. The number of aromatic hydroxyl groups is 1. The minimum absolute atomic E-state index is 0.146. The fourth-order valence-electron chi connectivity index (χ4n) is 2.26. The van der Waals surface area contributed by atoms with Crippen molar-refractivity contribution in [3.05, 3.63) is 53.0 Å². The van der Waals surface area contributed by atoms with Crippen molar-refractivity contribution in [2.24, 2.45) is 0 Å². The number of para-hydroxylation sites is 1. The Hall–Kier alpha value is -2.40. The number of halogens is 1. The summed E-state index contributed by atoms with van der Waals surface area (Å²) in [6, 6.07) is 14.7. The van der Waals surface area contributed by atoms with E-state index in [9.17, 15) is 5.11 Å². The fraction of sp³-hybridized carbons (Fsp3) is 0. The number of oxazole rings is 1. The highest BCUT2D eigenvalue weighted by Gasteiger charge is 2.11. The number of hydrogen-bond acceptors (Lipinski definition) is 4. The van der Waals surface area contributed by atoms with Crippen LogP contribution in [-0.2, 0) is 0 Å². The normalized spacial score (nSPS) is 11.3. The lowest BCUT2D eigenvalue weighted by atomic mass is 10.2. The zero-order valence-corrected chi connectivity index (χ0v) is 12.3. The van der Waals surface area contributed by atoms with E-state index in [4.69, 9.17) is 4.42 Å². The van der Waals surface area contributed by atoms with Crippen molar-refractivity contribution in [1.82, 2.24) is 9.97 Å². The first-order chi connectivity index (χ1) is 10.2. The third-order valence-electron chi connectivity index (χ3n) is 3.27. The van der Waals surface area contributed by atoms with Crippen LogP contribution in [0.3, 0.4) is 0 Å². The molecule has 5 heteroatoms. The predicted octanol–water partition coefficient (Wildman–Crippen LogP) is 4.51. The van der Waals surface area contributed by atoms with Gasteiger partial charge in [0.15, 0.2) is 5.58 Å². The third-order valence-corrected chi connectivity index (χ3v) is 3.76. The van der Waals surface area contributed by atoms with Gasteiger partial charge in [0.1, 0.15) is 22.5 Å². The van der Waals surface area contributed by atoms with Gasteiger partial charge in [0.25, 0.3) is 0 Å². The number of rotatable bonds is 1. The second kappa shape index (κ2) is 4.56. The summed E-state index contributed by atoms with van der Waals surface area (Å²) in [5, 5.41) is 10.8. The monoisotopic (exact) mass is 340 g/mol. The van der Waals surface area contributed by atoms with Crippen LogP contribution in [0.25, 0.3) is 33.6 Å². The van der Waals surface area contributed by atoms with E-state index in [1.54, 1.807) is 12.1 Å². The first-order valence-electron chi connectivity index (χ1n) is 6.36. The van der Waals surface area contributed by atoms with Crippen molar-refractivity contribution in [1.29, 1.82) is 0 Å². The molecule has 4 rings (SSSR count). The van der Waals surface area contributed by atoms with E-state index in [0.29, 0.717) is 22.7 Å². The van der Waals surface area contributed by atoms with Crippen LogP contribution >= 0.6 is 15.9 Å². The molecule has 1 N–H and O–H groups in total. The number of benzene rings is 2. The molecule has 0 spiro atoms. The van der Waals surface area contributed by atoms with Gasteiger partial charge in [-0.15, -0.1) is 0 Å². The van der Waals surface area contributed by atoms with Gasteiger partial charge in [0, 0.05) is 9.86 Å². The maximum absolute atomic E-state index is 9.90. The minimum atomic E-state index is 0.146. The largest absolute Gasteiger partial charge is 0.506 e. The molecule has 0 bridgehead atoms. The number of fused-ring (bicyclic) bond motifs is 2. The molecular formula is C16H9BrN2O2. The molecule has 4 aromatic rings. The number of phenolic OH excluding ortho intramolecular Hbond substituents is 1. The maximum Gasteiger partial charge on any atom is 0.246 e. The SMILES string of the molecule is Oc1cccc2ccc(-c3nc4cc(Br)ccc4o3)nc12. The highest BCUT2D eigenvalue weighted by molar-refractivity contribution is 9.10. The van der Waals surface area contributed by atoms with Gasteiger partial charge in [-0.05, 0) is 30.3 Å². The Morgan fingerprint density at radius 3 is 2.81 bits per heavy atom. The number of pyridine rings is 1. The summed E-state index contributed by atoms with van der Waals surface area (Å²) in [6.45, 7) is 0. The molecule has 0 aliphatic carbocycles. The molecular weight excluding hydrogens is 332 g/mol. The molecule has 0 radical (unpaired) electrons. The molecule has 2 heterocycles. The van der Waals surface area contributed by atoms with Gasteiger partial charge in [0.05, 0.1) is 0 Å². The van der Waals surface area contributed by atoms with Crippen molar-refractivity contribution in [2.75, 3.05) is 0 Å². The van der Waals surface area contributed by atoms with Crippen LogP contribution < -0.4 is 0 Å². The second-order valence-corrected chi connectivity index (χ2v) is 5.59. The average Bonchev–Trinajstić information content (AvgIpc) is 2.90. The Morgan fingerprint density at radius 2 is 1.90 bits per heavy atom. The summed E-state index contributed by atoms with van der Waals surface area (Å²) >= 11 is 3.41. The van der Waals surface area contributed by atoms with E-state index in [0.717, 1.165) is 15.4 Å². The van der Waals surface area contributed by atoms with Crippen molar-refractivity contribution in [3.63, 3.8) is 0 Å². The first kappa shape index (κ1) is 12.3. The average molecular weight is 341 g/mol. The minimum Gasteiger partial charge on any atom is -0.506 e. The number of phenols is 1. The molecule has 102 valence electrons. The first-order valence-corrected chi connectivity index (χ1v) is 7.15. The standard InChI is InChI=1S/C16H9BrN2O2/c17-10-5-7-14-12(8-10)19-16(21-14)11-6-4-9-2-1-3-13(20)15(9)18-11/h1-8,20H. The summed E-state index contributed by atoms with van der Waals surface area (Å²) < 4.78 is 6.67. The van der Waals surface area contributed by atoms with E-state index in [1.807, 2.05) is 36.4 Å². The molecule has 0 unspecified atom stereocenters. The van der Waals surface area contributed by atoms with Crippen molar-refractivity contribution in [2.45, 2.75) is 0 Å². The van der Waals surface area contributed by atoms with E-state index in [1.165, 1.54) is 0 Å². The molecule has 0 aliphatic rings. The van der Waals surface area contributed by atoms with Gasteiger partial charge >= 0.3 is 0 Å². The van der Waals surface area contributed by atoms with Crippen LogP contribution in [-0.4, -0.2) is 15.1 Å². The van der Waals surface area contributed by atoms with E-state index in [-0.39, 0.29) is 5.75 Å². The molecule has 0 aliphatic heterocycles. The summed E-state index contributed by atoms with van der Waals surface area (Å²) in [6.07, 6.45) is 0. The topological polar surface area (TPSA) is 59.2 Å². The lowest BCUT2D eigenvalue weighted by Crippen LogP contribution is -1.85. The summed E-state index contributed by atoms with van der Waals surface area (Å²) in [5.41, 5.74) is 2.60. The lowest BCUT2D eigenvalue weighted by molar-refractivity contribution is 0.480. The van der Waals surface area contributed by atoms with Crippen molar-refractivity contribution < 1.29 is 9.52 Å². The van der Waals surface area contributed by atoms with E-state index >= 15 is 0 Å². The Morgan fingerprint density at radius 1 is 1.00 bits per heavy atom. The predicted molar refractivity (Wildman–Crippen MR) is 84.1 cm³/mol. The molecule has 2 aromatic heterocycles. The van der Waals surface area contributed by atoms with Gasteiger partial charge in [-0.2, -0.15) is 0 Å².